The monoisotopic (exact) mass is 344 g/mol. The Kier molecular flexibility index (Phi) is 10.1. The third-order valence-electron chi connectivity index (χ3n) is 4.01. The molecule has 0 aliphatic rings. The lowest BCUT2D eigenvalue weighted by Crippen LogP contribution is -2.41. The number of carbonyl (C=O) groups is 2. The summed E-state index contributed by atoms with van der Waals surface area (Å²) in [5.74, 6) is -1.32. The first-order valence-electron chi connectivity index (χ1n) is 8.53. The molecule has 7 nitrogen and oxygen atoms in total. The fourth-order valence-corrected chi connectivity index (χ4v) is 2.16. The molecular weight excluding hydrogens is 310 g/mol. The molecule has 0 rings (SSSR count). The van der Waals surface area contributed by atoms with E-state index in [1.807, 2.05) is 13.8 Å². The van der Waals surface area contributed by atoms with Crippen LogP contribution >= 0.6 is 0 Å². The third kappa shape index (κ3) is 11.4. The Morgan fingerprint density at radius 1 is 1.25 bits per heavy atom. The summed E-state index contributed by atoms with van der Waals surface area (Å²) < 4.78 is 5.88. The molecule has 0 spiro atoms. The molecule has 0 aromatic carbocycles. The van der Waals surface area contributed by atoms with Gasteiger partial charge in [0, 0.05) is 19.6 Å². The average Bonchev–Trinajstić information content (AvgIpc) is 2.48. The first-order chi connectivity index (χ1) is 11.0. The van der Waals surface area contributed by atoms with Crippen molar-refractivity contribution in [2.24, 2.45) is 11.1 Å². The molecule has 1 amide bonds. The molecule has 0 fully saturated rings. The van der Waals surface area contributed by atoms with Gasteiger partial charge in [0.15, 0.2) is 0 Å². The molecule has 0 aliphatic heterocycles. The van der Waals surface area contributed by atoms with E-state index < -0.39 is 17.6 Å². The van der Waals surface area contributed by atoms with Gasteiger partial charge in [0.1, 0.15) is 6.04 Å². The molecule has 24 heavy (non-hydrogen) atoms. The van der Waals surface area contributed by atoms with Crippen molar-refractivity contribution in [2.45, 2.75) is 71.4 Å². The Hall–Kier alpha value is -1.18. The molecule has 1 unspecified atom stereocenters. The Labute approximate surface area is 145 Å². The van der Waals surface area contributed by atoms with Gasteiger partial charge in [-0.1, -0.05) is 20.3 Å². The van der Waals surface area contributed by atoms with Crippen molar-refractivity contribution in [1.29, 1.82) is 0 Å². The number of rotatable bonds is 13. The first kappa shape index (κ1) is 22.8. The summed E-state index contributed by atoms with van der Waals surface area (Å²) in [5, 5.41) is 11.4. The highest BCUT2D eigenvalue weighted by atomic mass is 16.5. The van der Waals surface area contributed by atoms with Gasteiger partial charge in [0.2, 0.25) is 5.91 Å². The van der Waals surface area contributed by atoms with Crippen LogP contribution in [0.25, 0.3) is 5.73 Å². The SMILES string of the molecule is CC(C)(CCC[NH-])CCOC(C)(C)CNC(=O)CCC(N)C(=O)O. The van der Waals surface area contributed by atoms with Gasteiger partial charge >= 0.3 is 5.97 Å². The number of carbonyl (C=O) groups excluding carboxylic acids is 1. The molecule has 5 N–H and O–H groups in total. The van der Waals surface area contributed by atoms with E-state index in [1.54, 1.807) is 0 Å². The van der Waals surface area contributed by atoms with Crippen LogP contribution in [0.1, 0.15) is 59.8 Å². The number of carboxylic acids is 1. The molecule has 0 heterocycles. The lowest BCUT2D eigenvalue weighted by molar-refractivity contribution is -0.138. The lowest BCUT2D eigenvalue weighted by Gasteiger charge is -2.30. The molecule has 0 saturated heterocycles. The topological polar surface area (TPSA) is 125 Å². The molecule has 1 atom stereocenters. The van der Waals surface area contributed by atoms with E-state index in [-0.39, 0.29) is 24.2 Å². The molecule has 0 radical (unpaired) electrons. The van der Waals surface area contributed by atoms with E-state index in [4.69, 9.17) is 21.3 Å². The minimum absolute atomic E-state index is 0.0870. The second-order valence-corrected chi connectivity index (χ2v) is 7.64. The van der Waals surface area contributed by atoms with Crippen molar-refractivity contribution in [3.8, 4) is 0 Å². The fourth-order valence-electron chi connectivity index (χ4n) is 2.16. The van der Waals surface area contributed by atoms with Crippen LogP contribution in [0.2, 0.25) is 0 Å². The summed E-state index contributed by atoms with van der Waals surface area (Å²) in [6.07, 6.45) is 3.00. The number of nitrogens with one attached hydrogen (secondary N) is 2. The minimum atomic E-state index is -1.10. The Balaban J connectivity index is 4.04. The molecular formula is C17H34N3O4-. The summed E-state index contributed by atoms with van der Waals surface area (Å²) in [4.78, 5) is 22.3. The second-order valence-electron chi connectivity index (χ2n) is 7.64. The summed E-state index contributed by atoms with van der Waals surface area (Å²) in [6, 6.07) is -1.01. The molecule has 0 bridgehead atoms. The van der Waals surface area contributed by atoms with Crippen molar-refractivity contribution in [3.63, 3.8) is 0 Å². The molecule has 142 valence electrons. The van der Waals surface area contributed by atoms with Gasteiger partial charge in [0.25, 0.3) is 0 Å². The number of hydrogen-bond donors (Lipinski definition) is 3. The standard InChI is InChI=1S/C17H34N3O4/c1-16(2,8-5-10-18)9-11-24-17(3,4)12-20-14(21)7-6-13(19)15(22)23/h13,18H,5-12,19H2,1-4H3,(H,20,21)(H,22,23)/q-1. The van der Waals surface area contributed by atoms with Gasteiger partial charge in [0.05, 0.1) is 5.60 Å². The normalized spacial score (nSPS) is 13.6. The van der Waals surface area contributed by atoms with E-state index in [2.05, 4.69) is 19.2 Å². The van der Waals surface area contributed by atoms with Crippen molar-refractivity contribution < 1.29 is 19.4 Å². The van der Waals surface area contributed by atoms with Crippen LogP contribution < -0.4 is 11.1 Å². The van der Waals surface area contributed by atoms with Crippen LogP contribution in [0.15, 0.2) is 0 Å². The maximum Gasteiger partial charge on any atom is 0.320 e. The molecule has 7 heteroatoms. The van der Waals surface area contributed by atoms with Gasteiger partial charge in [-0.05, 0) is 38.5 Å². The Bertz CT molecular complexity index is 397. The predicted molar refractivity (Wildman–Crippen MR) is 94.7 cm³/mol. The zero-order chi connectivity index (χ0) is 18.8. The summed E-state index contributed by atoms with van der Waals surface area (Å²) >= 11 is 0. The van der Waals surface area contributed by atoms with E-state index in [0.717, 1.165) is 19.3 Å². The van der Waals surface area contributed by atoms with Crippen LogP contribution in [0.5, 0.6) is 0 Å². The van der Waals surface area contributed by atoms with Gasteiger partial charge in [-0.3, -0.25) is 9.59 Å². The largest absolute Gasteiger partial charge is 0.677 e. The molecule has 0 aromatic heterocycles. The van der Waals surface area contributed by atoms with Crippen molar-refractivity contribution in [3.05, 3.63) is 5.73 Å². The number of amides is 1. The zero-order valence-electron chi connectivity index (χ0n) is 15.5. The second kappa shape index (κ2) is 10.6. The highest BCUT2D eigenvalue weighted by molar-refractivity contribution is 5.78. The van der Waals surface area contributed by atoms with Gasteiger partial charge in [-0.25, -0.2) is 0 Å². The van der Waals surface area contributed by atoms with E-state index in [9.17, 15) is 9.59 Å². The van der Waals surface area contributed by atoms with Crippen LogP contribution in [0.3, 0.4) is 0 Å². The third-order valence-corrected chi connectivity index (χ3v) is 4.01. The smallest absolute Gasteiger partial charge is 0.320 e. The summed E-state index contributed by atoms with van der Waals surface area (Å²) in [6.45, 7) is 9.57. The van der Waals surface area contributed by atoms with E-state index >= 15 is 0 Å². The number of aliphatic carboxylic acids is 1. The van der Waals surface area contributed by atoms with Crippen molar-refractivity contribution in [1.82, 2.24) is 5.32 Å². The quantitative estimate of drug-likeness (QED) is 0.473. The molecule has 0 aliphatic carbocycles. The van der Waals surface area contributed by atoms with Crippen molar-refractivity contribution >= 4 is 11.9 Å². The summed E-state index contributed by atoms with van der Waals surface area (Å²) in [5.41, 5.74) is 12.3. The Morgan fingerprint density at radius 3 is 2.42 bits per heavy atom. The lowest BCUT2D eigenvalue weighted by atomic mass is 9.85. The summed E-state index contributed by atoms with van der Waals surface area (Å²) in [7, 11) is 0. The van der Waals surface area contributed by atoms with Crippen LogP contribution in [0.4, 0.5) is 0 Å². The zero-order valence-corrected chi connectivity index (χ0v) is 15.5. The number of carboxylic acid groups (broad SMARTS) is 1. The van der Waals surface area contributed by atoms with E-state index in [1.165, 1.54) is 0 Å². The van der Waals surface area contributed by atoms with Crippen LogP contribution in [-0.2, 0) is 14.3 Å². The van der Waals surface area contributed by atoms with Crippen molar-refractivity contribution in [2.75, 3.05) is 19.7 Å². The van der Waals surface area contributed by atoms with Gasteiger partial charge in [-0.2, -0.15) is 6.54 Å². The number of hydrogen-bond acceptors (Lipinski definition) is 4. The number of nitrogens with two attached hydrogens (primary N) is 1. The van der Waals surface area contributed by atoms with Crippen LogP contribution in [0, 0.1) is 5.41 Å². The van der Waals surface area contributed by atoms with Gasteiger partial charge in [-0.15, -0.1) is 0 Å². The van der Waals surface area contributed by atoms with Gasteiger partial charge < -0.3 is 26.6 Å². The maximum atomic E-state index is 11.7. The maximum absolute atomic E-state index is 11.7. The Morgan fingerprint density at radius 2 is 1.88 bits per heavy atom. The van der Waals surface area contributed by atoms with E-state index in [0.29, 0.717) is 19.7 Å². The minimum Gasteiger partial charge on any atom is -0.677 e. The average molecular weight is 344 g/mol. The molecule has 0 saturated carbocycles. The number of ether oxygens (including phenoxy) is 1. The highest BCUT2D eigenvalue weighted by Gasteiger charge is 2.23. The highest BCUT2D eigenvalue weighted by Crippen LogP contribution is 2.27. The predicted octanol–water partition coefficient (Wildman–Crippen LogP) is 2.34. The first-order valence-corrected chi connectivity index (χ1v) is 8.53. The fraction of sp³-hybridized carbons (Fsp3) is 0.882. The van der Waals surface area contributed by atoms with Crippen LogP contribution in [-0.4, -0.2) is 48.3 Å². The molecule has 0 aromatic rings.